The highest BCUT2D eigenvalue weighted by atomic mass is 35.5. The number of pyridine rings is 2. The smallest absolute Gasteiger partial charge is 0.280 e. The van der Waals surface area contributed by atoms with Crippen molar-refractivity contribution in [2.45, 2.75) is 24.8 Å². The number of hydrogen-bond donors (Lipinski definition) is 2. The molecule has 3 heterocycles. The first-order chi connectivity index (χ1) is 19.6. The molecular weight excluding hydrogens is 572 g/mol. The Morgan fingerprint density at radius 1 is 1.12 bits per heavy atom. The van der Waals surface area contributed by atoms with E-state index in [-0.39, 0.29) is 63.9 Å². The van der Waals surface area contributed by atoms with Crippen molar-refractivity contribution in [2.24, 2.45) is 0 Å². The maximum absolute atomic E-state index is 13.5. The Morgan fingerprint density at radius 3 is 2.59 bits per heavy atom. The number of hydrogen-bond acceptors (Lipinski definition) is 11. The molecule has 0 aliphatic heterocycles. The summed E-state index contributed by atoms with van der Waals surface area (Å²) >= 11 is 6.35. The number of aliphatic hydroxyl groups is 1. The van der Waals surface area contributed by atoms with Crippen LogP contribution in [0.2, 0.25) is 5.02 Å². The van der Waals surface area contributed by atoms with Crippen LogP contribution in [0.3, 0.4) is 0 Å². The van der Waals surface area contributed by atoms with E-state index in [1.807, 2.05) is 19.9 Å². The molecule has 0 amide bonds. The van der Waals surface area contributed by atoms with Gasteiger partial charge in [0.1, 0.15) is 29.9 Å². The summed E-state index contributed by atoms with van der Waals surface area (Å²) in [4.78, 5) is 16.8. The summed E-state index contributed by atoms with van der Waals surface area (Å²) in [7, 11) is -2.84. The van der Waals surface area contributed by atoms with Gasteiger partial charge in [0.2, 0.25) is 5.75 Å². The summed E-state index contributed by atoms with van der Waals surface area (Å²) in [6.45, 7) is 3.34. The van der Waals surface area contributed by atoms with E-state index < -0.39 is 10.0 Å². The zero-order chi connectivity index (χ0) is 29.6. The molecule has 0 radical (unpaired) electrons. The minimum absolute atomic E-state index is 0.0123. The SMILES string of the molecule is COc1ccc(Cl)c(Oc2c(NS(=O)(=O)c3ccc(C(C)C)cn3)nc(-c3ccnc(C#N)c3)nc2OCCO)c1. The highest BCUT2D eigenvalue weighted by molar-refractivity contribution is 7.92. The van der Waals surface area contributed by atoms with Crippen LogP contribution in [-0.2, 0) is 10.0 Å². The first kappa shape index (κ1) is 29.5. The number of benzene rings is 1. The van der Waals surface area contributed by atoms with Crippen LogP contribution >= 0.6 is 11.6 Å². The van der Waals surface area contributed by atoms with Crippen LogP contribution in [0.15, 0.2) is 59.9 Å². The molecule has 212 valence electrons. The Hall–Kier alpha value is -4.51. The van der Waals surface area contributed by atoms with E-state index >= 15 is 0 Å². The fourth-order valence-electron chi connectivity index (χ4n) is 3.46. The van der Waals surface area contributed by atoms with E-state index in [1.54, 1.807) is 12.1 Å². The number of methoxy groups -OCH3 is 1. The van der Waals surface area contributed by atoms with Gasteiger partial charge in [-0.3, -0.25) is 4.72 Å². The molecule has 0 aliphatic rings. The molecule has 0 unspecified atom stereocenters. The van der Waals surface area contributed by atoms with E-state index in [2.05, 4.69) is 24.7 Å². The number of ether oxygens (including phenoxy) is 3. The van der Waals surface area contributed by atoms with Crippen LogP contribution < -0.4 is 18.9 Å². The largest absolute Gasteiger partial charge is 0.497 e. The van der Waals surface area contributed by atoms with Crippen LogP contribution in [-0.4, -0.2) is 53.8 Å². The van der Waals surface area contributed by atoms with E-state index in [4.69, 9.17) is 25.8 Å². The van der Waals surface area contributed by atoms with E-state index in [0.29, 0.717) is 11.3 Å². The Bertz CT molecular complexity index is 1690. The second-order valence-corrected chi connectivity index (χ2v) is 10.8. The van der Waals surface area contributed by atoms with Gasteiger partial charge in [-0.1, -0.05) is 31.5 Å². The van der Waals surface area contributed by atoms with Crippen molar-refractivity contribution in [1.29, 1.82) is 5.26 Å². The summed E-state index contributed by atoms with van der Waals surface area (Å²) in [5.74, 6) is -0.125. The Labute approximate surface area is 241 Å². The number of nitrogens with one attached hydrogen (secondary N) is 1. The topological polar surface area (TPSA) is 169 Å². The third kappa shape index (κ3) is 6.98. The number of halogens is 1. The Kier molecular flexibility index (Phi) is 9.18. The Balaban J connectivity index is 1.90. The fraction of sp³-hybridized carbons (Fsp3) is 0.222. The number of sulfonamides is 1. The van der Waals surface area contributed by atoms with E-state index in [9.17, 15) is 18.8 Å². The van der Waals surface area contributed by atoms with Crippen LogP contribution in [0.1, 0.15) is 31.0 Å². The standard InChI is InChI=1S/C27H25ClN6O6S/c1-16(2)18-4-7-23(31-15-18)41(36,37)34-26-24(40-22-13-20(38-3)5-6-21(22)28)27(39-11-10-35)33-25(32-26)17-8-9-30-19(12-17)14-29/h4-9,12-13,15-16,35H,10-11H2,1-3H3,(H,32,33,34). The maximum Gasteiger partial charge on any atom is 0.280 e. The monoisotopic (exact) mass is 596 g/mol. The lowest BCUT2D eigenvalue weighted by Crippen LogP contribution is -2.17. The number of aliphatic hydroxyl groups excluding tert-OH is 1. The van der Waals surface area contributed by atoms with Gasteiger partial charge in [-0.05, 0) is 41.8 Å². The normalized spacial score (nSPS) is 11.1. The number of anilines is 1. The third-order valence-electron chi connectivity index (χ3n) is 5.58. The predicted molar refractivity (Wildman–Crippen MR) is 150 cm³/mol. The molecule has 4 rings (SSSR count). The van der Waals surface area contributed by atoms with Gasteiger partial charge < -0.3 is 19.3 Å². The first-order valence-corrected chi connectivity index (χ1v) is 14.0. The van der Waals surface area contributed by atoms with Crippen molar-refractivity contribution in [3.63, 3.8) is 0 Å². The molecule has 41 heavy (non-hydrogen) atoms. The molecule has 0 atom stereocenters. The quantitative estimate of drug-likeness (QED) is 0.249. The van der Waals surface area contributed by atoms with Crippen molar-refractivity contribution >= 4 is 27.4 Å². The molecule has 0 spiro atoms. The van der Waals surface area contributed by atoms with Gasteiger partial charge in [0.15, 0.2) is 16.7 Å². The summed E-state index contributed by atoms with van der Waals surface area (Å²) in [5, 5.41) is 18.6. The highest BCUT2D eigenvalue weighted by Crippen LogP contribution is 2.42. The van der Waals surface area contributed by atoms with Crippen molar-refractivity contribution in [1.82, 2.24) is 19.9 Å². The van der Waals surface area contributed by atoms with Gasteiger partial charge in [-0.2, -0.15) is 18.7 Å². The molecule has 3 aromatic heterocycles. The van der Waals surface area contributed by atoms with E-state index in [1.165, 1.54) is 49.8 Å². The summed E-state index contributed by atoms with van der Waals surface area (Å²) in [6, 6.07) is 12.6. The molecule has 4 aromatic rings. The molecule has 0 saturated heterocycles. The molecule has 2 N–H and O–H groups in total. The van der Waals surface area contributed by atoms with Gasteiger partial charge in [0, 0.05) is 24.0 Å². The average molecular weight is 597 g/mol. The first-order valence-electron chi connectivity index (χ1n) is 12.2. The fourth-order valence-corrected chi connectivity index (χ4v) is 4.55. The lowest BCUT2D eigenvalue weighted by atomic mass is 10.1. The number of aromatic nitrogens is 4. The molecule has 0 fully saturated rings. The number of nitrogens with zero attached hydrogens (tertiary/aromatic N) is 5. The van der Waals surface area contributed by atoms with E-state index in [0.717, 1.165) is 5.56 Å². The van der Waals surface area contributed by atoms with Crippen molar-refractivity contribution in [3.8, 4) is 40.6 Å². The zero-order valence-electron chi connectivity index (χ0n) is 22.2. The van der Waals surface area contributed by atoms with Crippen LogP contribution in [0, 0.1) is 11.3 Å². The number of nitriles is 1. The number of rotatable bonds is 11. The second kappa shape index (κ2) is 12.8. The molecule has 1 aromatic carbocycles. The van der Waals surface area contributed by atoms with Gasteiger partial charge in [0.25, 0.3) is 15.9 Å². The predicted octanol–water partition coefficient (Wildman–Crippen LogP) is 4.55. The lowest BCUT2D eigenvalue weighted by Gasteiger charge is -2.18. The van der Waals surface area contributed by atoms with Crippen LogP contribution in [0.25, 0.3) is 11.4 Å². The van der Waals surface area contributed by atoms with Crippen molar-refractivity contribution in [3.05, 3.63) is 71.1 Å². The third-order valence-corrected chi connectivity index (χ3v) is 7.15. The second-order valence-electron chi connectivity index (χ2n) is 8.73. The summed E-state index contributed by atoms with van der Waals surface area (Å²) in [5.41, 5.74) is 1.29. The minimum Gasteiger partial charge on any atom is -0.497 e. The Morgan fingerprint density at radius 2 is 1.93 bits per heavy atom. The molecule has 12 nitrogen and oxygen atoms in total. The van der Waals surface area contributed by atoms with Gasteiger partial charge in [0.05, 0.1) is 18.7 Å². The van der Waals surface area contributed by atoms with Crippen LogP contribution in [0.4, 0.5) is 5.82 Å². The zero-order valence-corrected chi connectivity index (χ0v) is 23.8. The van der Waals surface area contributed by atoms with Gasteiger partial charge in [-0.25, -0.2) is 15.0 Å². The van der Waals surface area contributed by atoms with Gasteiger partial charge in [-0.15, -0.1) is 0 Å². The molecule has 14 heteroatoms. The molecule has 0 aliphatic carbocycles. The van der Waals surface area contributed by atoms with Crippen LogP contribution in [0.5, 0.6) is 23.1 Å². The molecular formula is C27H25ClN6O6S. The molecule has 0 saturated carbocycles. The summed E-state index contributed by atoms with van der Waals surface area (Å²) < 4.78 is 46.2. The maximum atomic E-state index is 13.5. The average Bonchev–Trinajstić information content (AvgIpc) is 2.98. The van der Waals surface area contributed by atoms with Crippen molar-refractivity contribution in [2.75, 3.05) is 25.0 Å². The lowest BCUT2D eigenvalue weighted by molar-refractivity contribution is 0.193. The summed E-state index contributed by atoms with van der Waals surface area (Å²) in [6.07, 6.45) is 2.87. The van der Waals surface area contributed by atoms with Crippen molar-refractivity contribution < 1.29 is 27.7 Å². The molecule has 0 bridgehead atoms. The van der Waals surface area contributed by atoms with Gasteiger partial charge >= 0.3 is 0 Å². The highest BCUT2D eigenvalue weighted by Gasteiger charge is 2.26. The minimum atomic E-state index is -4.30.